The molecule has 0 aromatic carbocycles. The number of hydrogen-bond acceptors (Lipinski definition) is 3. The van der Waals surface area contributed by atoms with Crippen LogP contribution in [-0.2, 0) is 11.8 Å². The van der Waals surface area contributed by atoms with Gasteiger partial charge in [0.15, 0.2) is 6.04 Å². The Kier molecular flexibility index (Phi) is 2.67. The van der Waals surface area contributed by atoms with Gasteiger partial charge in [0, 0.05) is 13.2 Å². The Balaban J connectivity index is 2.95. The van der Waals surface area contributed by atoms with E-state index in [4.69, 9.17) is 5.11 Å². The topological polar surface area (TPSA) is 58.4 Å². The van der Waals surface area contributed by atoms with Crippen molar-refractivity contribution in [2.45, 2.75) is 6.04 Å². The van der Waals surface area contributed by atoms with Gasteiger partial charge < -0.3 is 5.11 Å². The largest absolute Gasteiger partial charge is 0.480 e. The molecule has 0 aliphatic heterocycles. The number of likely N-dealkylation sites (N-methyl/N-ethyl adjacent to an activating group) is 1. The lowest BCUT2D eigenvalue weighted by molar-refractivity contribution is -0.142. The van der Waals surface area contributed by atoms with E-state index in [1.165, 1.54) is 0 Å². The first-order chi connectivity index (χ1) is 6.02. The van der Waals surface area contributed by atoms with E-state index in [1.54, 1.807) is 43.0 Å². The van der Waals surface area contributed by atoms with Crippen LogP contribution in [0.5, 0.6) is 0 Å². The molecule has 1 atom stereocenters. The highest BCUT2D eigenvalue weighted by Crippen LogP contribution is 2.15. The Bertz CT molecular complexity index is 306. The SMILES string of the molecule is CN(C)[C@H](C(=O)O)c1ccn(C)n1. The molecular weight excluding hydrogens is 170 g/mol. The number of carboxylic acid groups (broad SMARTS) is 1. The maximum absolute atomic E-state index is 10.9. The summed E-state index contributed by atoms with van der Waals surface area (Å²) in [5, 5.41) is 13.0. The van der Waals surface area contributed by atoms with Crippen molar-refractivity contribution in [3.8, 4) is 0 Å². The number of hydrogen-bond donors (Lipinski definition) is 1. The lowest BCUT2D eigenvalue weighted by atomic mass is 10.2. The number of nitrogens with zero attached hydrogens (tertiary/aromatic N) is 3. The van der Waals surface area contributed by atoms with Crippen LogP contribution in [-0.4, -0.2) is 39.9 Å². The van der Waals surface area contributed by atoms with Gasteiger partial charge in [0.1, 0.15) is 0 Å². The van der Waals surface area contributed by atoms with Gasteiger partial charge in [-0.1, -0.05) is 0 Å². The summed E-state index contributed by atoms with van der Waals surface area (Å²) in [6.45, 7) is 0. The van der Waals surface area contributed by atoms with Gasteiger partial charge in [-0.05, 0) is 20.2 Å². The molecule has 1 N–H and O–H groups in total. The third kappa shape index (κ3) is 2.06. The average Bonchev–Trinajstić information content (AvgIpc) is 2.34. The Hall–Kier alpha value is -1.36. The summed E-state index contributed by atoms with van der Waals surface area (Å²) in [4.78, 5) is 12.5. The van der Waals surface area contributed by atoms with Gasteiger partial charge in [-0.2, -0.15) is 5.10 Å². The predicted octanol–water partition coefficient (Wildman–Crippen LogP) is 0.107. The molecule has 0 unspecified atom stereocenters. The van der Waals surface area contributed by atoms with Gasteiger partial charge in [0.2, 0.25) is 0 Å². The van der Waals surface area contributed by atoms with Gasteiger partial charge in [-0.3, -0.25) is 14.4 Å². The first kappa shape index (κ1) is 9.73. The average molecular weight is 183 g/mol. The van der Waals surface area contributed by atoms with Crippen LogP contribution < -0.4 is 0 Å². The van der Waals surface area contributed by atoms with E-state index >= 15 is 0 Å². The van der Waals surface area contributed by atoms with Crippen molar-refractivity contribution >= 4 is 5.97 Å². The number of aromatic nitrogens is 2. The number of rotatable bonds is 3. The maximum atomic E-state index is 10.9. The summed E-state index contributed by atoms with van der Waals surface area (Å²) in [5.41, 5.74) is 0.556. The van der Waals surface area contributed by atoms with Crippen molar-refractivity contribution in [2.24, 2.45) is 7.05 Å². The van der Waals surface area contributed by atoms with Crippen LogP contribution in [0.15, 0.2) is 12.3 Å². The molecule has 0 aliphatic rings. The zero-order valence-electron chi connectivity index (χ0n) is 7.93. The van der Waals surface area contributed by atoms with E-state index < -0.39 is 12.0 Å². The quantitative estimate of drug-likeness (QED) is 0.722. The summed E-state index contributed by atoms with van der Waals surface area (Å²) < 4.78 is 1.59. The van der Waals surface area contributed by atoms with E-state index in [9.17, 15) is 4.79 Å². The number of aryl methyl sites for hydroxylation is 1. The first-order valence-corrected chi connectivity index (χ1v) is 3.91. The molecule has 0 aliphatic carbocycles. The molecule has 0 saturated heterocycles. The first-order valence-electron chi connectivity index (χ1n) is 3.91. The molecule has 0 amide bonds. The molecule has 13 heavy (non-hydrogen) atoms. The number of carbonyl (C=O) groups is 1. The van der Waals surface area contributed by atoms with Crippen LogP contribution in [0, 0.1) is 0 Å². The molecular formula is C8H13N3O2. The molecule has 0 spiro atoms. The number of carboxylic acids is 1. The zero-order valence-corrected chi connectivity index (χ0v) is 7.93. The van der Waals surface area contributed by atoms with Crippen molar-refractivity contribution < 1.29 is 9.90 Å². The second-order valence-electron chi connectivity index (χ2n) is 3.12. The summed E-state index contributed by atoms with van der Waals surface area (Å²) in [7, 11) is 5.19. The lowest BCUT2D eigenvalue weighted by Gasteiger charge is -2.17. The predicted molar refractivity (Wildman–Crippen MR) is 47.3 cm³/mol. The van der Waals surface area contributed by atoms with Crippen molar-refractivity contribution in [3.05, 3.63) is 18.0 Å². The zero-order chi connectivity index (χ0) is 10.0. The normalized spacial score (nSPS) is 13.2. The van der Waals surface area contributed by atoms with E-state index in [0.29, 0.717) is 5.69 Å². The minimum Gasteiger partial charge on any atom is -0.480 e. The molecule has 1 heterocycles. The second-order valence-corrected chi connectivity index (χ2v) is 3.12. The van der Waals surface area contributed by atoms with Gasteiger partial charge >= 0.3 is 5.97 Å². The van der Waals surface area contributed by atoms with E-state index in [1.807, 2.05) is 0 Å². The maximum Gasteiger partial charge on any atom is 0.327 e. The summed E-state index contributed by atoms with van der Waals surface area (Å²) in [5.74, 6) is -0.885. The van der Waals surface area contributed by atoms with Crippen LogP contribution in [0.25, 0.3) is 0 Å². The third-order valence-corrected chi connectivity index (χ3v) is 1.76. The number of aliphatic carboxylic acids is 1. The molecule has 0 bridgehead atoms. The fourth-order valence-electron chi connectivity index (χ4n) is 1.19. The van der Waals surface area contributed by atoms with Crippen LogP contribution in [0.2, 0.25) is 0 Å². The summed E-state index contributed by atoms with van der Waals surface area (Å²) in [6, 6.07) is 1.04. The van der Waals surface area contributed by atoms with Crippen LogP contribution >= 0.6 is 0 Å². The van der Waals surface area contributed by atoms with Crippen molar-refractivity contribution in [3.63, 3.8) is 0 Å². The molecule has 1 aromatic rings. The lowest BCUT2D eigenvalue weighted by Crippen LogP contribution is -2.27. The van der Waals surface area contributed by atoms with Gasteiger partial charge in [-0.15, -0.1) is 0 Å². The highest BCUT2D eigenvalue weighted by atomic mass is 16.4. The van der Waals surface area contributed by atoms with Gasteiger partial charge in [0.25, 0.3) is 0 Å². The van der Waals surface area contributed by atoms with Crippen molar-refractivity contribution in [1.29, 1.82) is 0 Å². The van der Waals surface area contributed by atoms with Crippen LogP contribution in [0.4, 0.5) is 0 Å². The van der Waals surface area contributed by atoms with E-state index in [2.05, 4.69) is 5.10 Å². The smallest absolute Gasteiger partial charge is 0.327 e. The summed E-state index contributed by atoms with van der Waals surface area (Å²) >= 11 is 0. The molecule has 72 valence electrons. The van der Waals surface area contributed by atoms with Crippen molar-refractivity contribution in [2.75, 3.05) is 14.1 Å². The molecule has 1 rings (SSSR count). The van der Waals surface area contributed by atoms with E-state index in [-0.39, 0.29) is 0 Å². The minimum atomic E-state index is -0.885. The Morgan fingerprint density at radius 3 is 2.62 bits per heavy atom. The Morgan fingerprint density at radius 2 is 2.31 bits per heavy atom. The van der Waals surface area contributed by atoms with Crippen LogP contribution in [0.3, 0.4) is 0 Å². The third-order valence-electron chi connectivity index (χ3n) is 1.76. The Morgan fingerprint density at radius 1 is 1.69 bits per heavy atom. The standard InChI is InChI=1S/C8H13N3O2/c1-10(2)7(8(12)13)6-4-5-11(3)9-6/h4-5,7H,1-3H3,(H,12,13)/t7-/m0/s1. The molecule has 0 radical (unpaired) electrons. The van der Waals surface area contributed by atoms with Gasteiger partial charge in [-0.25, -0.2) is 0 Å². The Labute approximate surface area is 76.6 Å². The minimum absolute atomic E-state index is 0.556. The second kappa shape index (κ2) is 3.57. The molecule has 0 saturated carbocycles. The highest BCUT2D eigenvalue weighted by molar-refractivity contribution is 5.74. The van der Waals surface area contributed by atoms with Crippen LogP contribution in [0.1, 0.15) is 11.7 Å². The summed E-state index contributed by atoms with van der Waals surface area (Å²) in [6.07, 6.45) is 1.73. The monoisotopic (exact) mass is 183 g/mol. The van der Waals surface area contributed by atoms with Crippen molar-refractivity contribution in [1.82, 2.24) is 14.7 Å². The van der Waals surface area contributed by atoms with E-state index in [0.717, 1.165) is 0 Å². The fourth-order valence-corrected chi connectivity index (χ4v) is 1.19. The highest BCUT2D eigenvalue weighted by Gasteiger charge is 2.24. The molecule has 5 nitrogen and oxygen atoms in total. The molecule has 0 fully saturated rings. The molecule has 5 heteroatoms. The fraction of sp³-hybridized carbons (Fsp3) is 0.500. The molecule has 1 aromatic heterocycles. The van der Waals surface area contributed by atoms with Gasteiger partial charge in [0.05, 0.1) is 5.69 Å².